The van der Waals surface area contributed by atoms with Crippen LogP contribution in [0.5, 0.6) is 5.75 Å². The fourth-order valence-electron chi connectivity index (χ4n) is 1.67. The summed E-state index contributed by atoms with van der Waals surface area (Å²) in [5.74, 6) is -3.11. The molecule has 0 heterocycles. The number of para-hydroxylation sites is 1. The number of phenols is 1. The van der Waals surface area contributed by atoms with Gasteiger partial charge in [-0.1, -0.05) is 12.1 Å². The average molecular weight is 275 g/mol. The number of hydrogen-bond donors (Lipinski definition) is 3. The number of carboxylic acids is 1. The van der Waals surface area contributed by atoms with Crippen molar-refractivity contribution in [3.63, 3.8) is 0 Å². The predicted molar refractivity (Wildman–Crippen MR) is 69.4 cm³/mol. The van der Waals surface area contributed by atoms with E-state index in [0.29, 0.717) is 0 Å². The Labute approximate surface area is 113 Å². The van der Waals surface area contributed by atoms with E-state index in [-0.39, 0.29) is 16.8 Å². The van der Waals surface area contributed by atoms with Gasteiger partial charge in [-0.25, -0.2) is 9.18 Å². The first-order chi connectivity index (χ1) is 9.49. The molecular weight excluding hydrogens is 265 g/mol. The second kappa shape index (κ2) is 5.40. The van der Waals surface area contributed by atoms with E-state index in [1.54, 1.807) is 6.07 Å². The molecule has 6 heteroatoms. The van der Waals surface area contributed by atoms with Crippen molar-refractivity contribution in [2.75, 3.05) is 5.32 Å². The van der Waals surface area contributed by atoms with Crippen LogP contribution in [0.25, 0.3) is 0 Å². The van der Waals surface area contributed by atoms with Gasteiger partial charge in [0.05, 0.1) is 16.8 Å². The van der Waals surface area contributed by atoms with Crippen molar-refractivity contribution in [1.29, 1.82) is 0 Å². The van der Waals surface area contributed by atoms with E-state index in [4.69, 9.17) is 5.11 Å². The Morgan fingerprint density at radius 1 is 1.05 bits per heavy atom. The maximum atomic E-state index is 12.8. The Morgan fingerprint density at radius 2 is 1.75 bits per heavy atom. The lowest BCUT2D eigenvalue weighted by molar-refractivity contribution is 0.0698. The molecule has 3 N–H and O–H groups in total. The summed E-state index contributed by atoms with van der Waals surface area (Å²) in [5, 5.41) is 20.9. The third-order valence-corrected chi connectivity index (χ3v) is 2.61. The second-order valence-electron chi connectivity index (χ2n) is 3.97. The van der Waals surface area contributed by atoms with Crippen LogP contribution in [0.15, 0.2) is 42.5 Å². The summed E-state index contributed by atoms with van der Waals surface area (Å²) in [7, 11) is 0. The zero-order chi connectivity index (χ0) is 14.7. The largest absolute Gasteiger partial charge is 0.507 e. The Hall–Kier alpha value is -2.89. The molecule has 0 aliphatic rings. The molecule has 2 aromatic rings. The molecule has 0 bridgehead atoms. The van der Waals surface area contributed by atoms with Crippen molar-refractivity contribution in [2.24, 2.45) is 0 Å². The molecule has 0 saturated heterocycles. The Kier molecular flexibility index (Phi) is 3.65. The third kappa shape index (κ3) is 2.74. The lowest BCUT2D eigenvalue weighted by Crippen LogP contribution is -2.15. The zero-order valence-electron chi connectivity index (χ0n) is 10.1. The molecule has 20 heavy (non-hydrogen) atoms. The molecule has 0 spiro atoms. The SMILES string of the molecule is O=C(Nc1ccccc1C(=O)O)c1ccc(F)cc1O. The quantitative estimate of drug-likeness (QED) is 0.803. The summed E-state index contributed by atoms with van der Waals surface area (Å²) < 4.78 is 12.8. The topological polar surface area (TPSA) is 86.6 Å². The Balaban J connectivity index is 2.30. The fourth-order valence-corrected chi connectivity index (χ4v) is 1.67. The van der Waals surface area contributed by atoms with Crippen LogP contribution in [0.1, 0.15) is 20.7 Å². The lowest BCUT2D eigenvalue weighted by Gasteiger charge is -2.09. The normalized spacial score (nSPS) is 10.1. The van der Waals surface area contributed by atoms with Crippen LogP contribution < -0.4 is 5.32 Å². The van der Waals surface area contributed by atoms with Crippen LogP contribution in [0, 0.1) is 5.82 Å². The first kappa shape index (κ1) is 13.5. The van der Waals surface area contributed by atoms with E-state index in [1.165, 1.54) is 18.2 Å². The molecule has 1 amide bonds. The minimum atomic E-state index is -1.19. The number of benzene rings is 2. The van der Waals surface area contributed by atoms with Gasteiger partial charge in [-0.2, -0.15) is 0 Å². The minimum Gasteiger partial charge on any atom is -0.507 e. The number of anilines is 1. The molecule has 0 aliphatic carbocycles. The van der Waals surface area contributed by atoms with Gasteiger partial charge in [0.25, 0.3) is 5.91 Å². The van der Waals surface area contributed by atoms with Gasteiger partial charge in [-0.05, 0) is 24.3 Å². The van der Waals surface area contributed by atoms with Gasteiger partial charge in [-0.15, -0.1) is 0 Å². The number of rotatable bonds is 3. The van der Waals surface area contributed by atoms with Gasteiger partial charge in [-0.3, -0.25) is 4.79 Å². The van der Waals surface area contributed by atoms with Gasteiger partial charge in [0.15, 0.2) is 0 Å². The lowest BCUT2D eigenvalue weighted by atomic mass is 10.1. The van der Waals surface area contributed by atoms with Crippen LogP contribution >= 0.6 is 0 Å². The van der Waals surface area contributed by atoms with E-state index >= 15 is 0 Å². The van der Waals surface area contributed by atoms with Crippen LogP contribution in [0.2, 0.25) is 0 Å². The molecule has 5 nitrogen and oxygen atoms in total. The summed E-state index contributed by atoms with van der Waals surface area (Å²) >= 11 is 0. The van der Waals surface area contributed by atoms with Gasteiger partial charge >= 0.3 is 5.97 Å². The Morgan fingerprint density at radius 3 is 2.40 bits per heavy atom. The number of carbonyl (C=O) groups is 2. The fraction of sp³-hybridized carbons (Fsp3) is 0. The average Bonchev–Trinajstić information content (AvgIpc) is 2.38. The molecule has 2 aromatic carbocycles. The second-order valence-corrected chi connectivity index (χ2v) is 3.97. The first-order valence-corrected chi connectivity index (χ1v) is 5.61. The summed E-state index contributed by atoms with van der Waals surface area (Å²) in [6.07, 6.45) is 0. The maximum Gasteiger partial charge on any atom is 0.337 e. The first-order valence-electron chi connectivity index (χ1n) is 5.61. The van der Waals surface area contributed by atoms with Crippen LogP contribution in [0.3, 0.4) is 0 Å². The van der Waals surface area contributed by atoms with E-state index in [9.17, 15) is 19.1 Å². The standard InChI is InChI=1S/C14H10FNO4/c15-8-5-6-10(12(17)7-8)13(18)16-11-4-2-1-3-9(11)14(19)20/h1-7,17H,(H,16,18)(H,19,20). The summed E-state index contributed by atoms with van der Waals surface area (Å²) in [6, 6.07) is 8.78. The van der Waals surface area contributed by atoms with Gasteiger partial charge in [0.2, 0.25) is 0 Å². The molecule has 0 fully saturated rings. The smallest absolute Gasteiger partial charge is 0.337 e. The Bertz CT molecular complexity index is 685. The van der Waals surface area contributed by atoms with Crippen molar-refractivity contribution >= 4 is 17.6 Å². The number of halogens is 1. The molecule has 0 unspecified atom stereocenters. The van der Waals surface area contributed by atoms with Crippen LogP contribution in [0.4, 0.5) is 10.1 Å². The van der Waals surface area contributed by atoms with Gasteiger partial charge in [0, 0.05) is 6.07 Å². The summed E-state index contributed by atoms with van der Waals surface area (Å²) in [4.78, 5) is 22.9. The van der Waals surface area contributed by atoms with Crippen LogP contribution in [-0.4, -0.2) is 22.1 Å². The number of phenolic OH excluding ortho intramolecular Hbond substituents is 1. The number of nitrogens with one attached hydrogen (secondary N) is 1. The number of hydrogen-bond acceptors (Lipinski definition) is 3. The van der Waals surface area contributed by atoms with E-state index < -0.39 is 23.4 Å². The molecule has 0 radical (unpaired) electrons. The number of carbonyl (C=O) groups excluding carboxylic acids is 1. The highest BCUT2D eigenvalue weighted by Gasteiger charge is 2.15. The predicted octanol–water partition coefficient (Wildman–Crippen LogP) is 2.48. The molecule has 0 aromatic heterocycles. The van der Waals surface area contributed by atoms with Gasteiger partial charge < -0.3 is 15.5 Å². The number of amides is 1. The molecule has 102 valence electrons. The number of aromatic carboxylic acids is 1. The maximum absolute atomic E-state index is 12.8. The molecule has 2 rings (SSSR count). The van der Waals surface area contributed by atoms with Crippen molar-refractivity contribution in [2.45, 2.75) is 0 Å². The molecule has 0 atom stereocenters. The molecule has 0 aliphatic heterocycles. The van der Waals surface area contributed by atoms with E-state index in [0.717, 1.165) is 18.2 Å². The van der Waals surface area contributed by atoms with Crippen molar-refractivity contribution < 1.29 is 24.2 Å². The minimum absolute atomic E-state index is 0.0811. The third-order valence-electron chi connectivity index (χ3n) is 2.61. The highest BCUT2D eigenvalue weighted by Crippen LogP contribution is 2.21. The summed E-state index contributed by atoms with van der Waals surface area (Å²) in [6.45, 7) is 0. The number of aromatic hydroxyl groups is 1. The molecule has 0 saturated carbocycles. The van der Waals surface area contributed by atoms with Crippen molar-refractivity contribution in [1.82, 2.24) is 0 Å². The zero-order valence-corrected chi connectivity index (χ0v) is 10.1. The number of carboxylic acid groups (broad SMARTS) is 1. The van der Waals surface area contributed by atoms with Crippen molar-refractivity contribution in [3.8, 4) is 5.75 Å². The summed E-state index contributed by atoms with van der Waals surface area (Å²) in [5.41, 5.74) is -0.136. The van der Waals surface area contributed by atoms with E-state index in [2.05, 4.69) is 5.32 Å². The van der Waals surface area contributed by atoms with Crippen LogP contribution in [-0.2, 0) is 0 Å². The van der Waals surface area contributed by atoms with Crippen molar-refractivity contribution in [3.05, 3.63) is 59.4 Å². The van der Waals surface area contributed by atoms with E-state index in [1.807, 2.05) is 0 Å². The van der Waals surface area contributed by atoms with Gasteiger partial charge in [0.1, 0.15) is 11.6 Å². The highest BCUT2D eigenvalue weighted by molar-refractivity contribution is 6.09. The highest BCUT2D eigenvalue weighted by atomic mass is 19.1. The monoisotopic (exact) mass is 275 g/mol. The molecular formula is C14H10FNO4.